The van der Waals surface area contributed by atoms with Crippen LogP contribution < -0.4 is 5.32 Å². The number of anilines is 1. The summed E-state index contributed by atoms with van der Waals surface area (Å²) in [4.78, 5) is 34.2. The molecule has 4 heterocycles. The molecule has 2 fully saturated rings. The molecule has 6 rings (SSSR count). The zero-order valence-corrected chi connectivity index (χ0v) is 17.7. The standard InChI is InChI=1S/C20H20N10O3/c1-9(31)20-6-10(20)13(14(32)15(20)33)29-8-24-12-17(21-2)25-19(26-18(12)29)30-7-11(27-28-30)16-22-4-3-5-23-16/h3-5,7-8,10,13-15,32-33H,6H2,1-2H3,(H,21,25,26)/t10?,13-,14+,15?,20+/m1/s1. The number of carbonyl (C=O) groups excluding carboxylic acids is 1. The van der Waals surface area contributed by atoms with Gasteiger partial charge in [-0.25, -0.2) is 15.0 Å². The van der Waals surface area contributed by atoms with Crippen molar-refractivity contribution in [2.75, 3.05) is 12.4 Å². The lowest BCUT2D eigenvalue weighted by atomic mass is 9.95. The highest BCUT2D eigenvalue weighted by Crippen LogP contribution is 2.68. The van der Waals surface area contributed by atoms with Crippen LogP contribution in [0.5, 0.6) is 0 Å². The van der Waals surface area contributed by atoms with Crippen LogP contribution in [0.2, 0.25) is 0 Å². The first-order chi connectivity index (χ1) is 16.0. The number of aliphatic hydroxyl groups excluding tert-OH is 2. The van der Waals surface area contributed by atoms with E-state index in [9.17, 15) is 15.0 Å². The van der Waals surface area contributed by atoms with E-state index in [0.29, 0.717) is 34.9 Å². The van der Waals surface area contributed by atoms with Gasteiger partial charge in [-0.1, -0.05) is 5.21 Å². The van der Waals surface area contributed by atoms with Crippen molar-refractivity contribution in [3.63, 3.8) is 0 Å². The first-order valence-electron chi connectivity index (χ1n) is 10.5. The zero-order chi connectivity index (χ0) is 22.9. The summed E-state index contributed by atoms with van der Waals surface area (Å²) in [6, 6.07) is 1.17. The highest BCUT2D eigenvalue weighted by atomic mass is 16.3. The van der Waals surface area contributed by atoms with Gasteiger partial charge in [-0.05, 0) is 25.3 Å². The van der Waals surface area contributed by atoms with Gasteiger partial charge < -0.3 is 20.1 Å². The Hall–Kier alpha value is -3.84. The summed E-state index contributed by atoms with van der Waals surface area (Å²) in [5.74, 6) is 0.798. The summed E-state index contributed by atoms with van der Waals surface area (Å²) in [5, 5.41) is 32.7. The molecule has 13 heteroatoms. The molecule has 13 nitrogen and oxygen atoms in total. The SMILES string of the molecule is CNc1nc(-n2cc(-c3ncccn3)nn2)nc2c1ncn2[C@@H]1C2C[C@@]2(C(C)=O)C(O)[C@H]1O. The fourth-order valence-electron chi connectivity index (χ4n) is 5.07. The Kier molecular flexibility index (Phi) is 4.10. The number of nitrogens with one attached hydrogen (secondary N) is 1. The Balaban J connectivity index is 1.45. The second kappa shape index (κ2) is 6.83. The maximum atomic E-state index is 12.2. The predicted molar refractivity (Wildman–Crippen MR) is 113 cm³/mol. The molecule has 0 aromatic carbocycles. The van der Waals surface area contributed by atoms with Gasteiger partial charge >= 0.3 is 0 Å². The number of hydrogen-bond donors (Lipinski definition) is 3. The van der Waals surface area contributed by atoms with E-state index < -0.39 is 23.7 Å². The van der Waals surface area contributed by atoms with Crippen molar-refractivity contribution in [3.05, 3.63) is 31.0 Å². The van der Waals surface area contributed by atoms with Gasteiger partial charge in [-0.3, -0.25) is 4.79 Å². The average Bonchev–Trinajstić information content (AvgIpc) is 3.10. The van der Waals surface area contributed by atoms with Crippen LogP contribution in [-0.4, -0.2) is 79.7 Å². The molecule has 0 amide bonds. The van der Waals surface area contributed by atoms with Gasteiger partial charge in [0.2, 0.25) is 0 Å². The van der Waals surface area contributed by atoms with Gasteiger partial charge in [0.25, 0.3) is 5.95 Å². The molecule has 3 N–H and O–H groups in total. The van der Waals surface area contributed by atoms with Gasteiger partial charge in [-0.15, -0.1) is 5.10 Å². The third-order valence-corrected chi connectivity index (χ3v) is 6.79. The van der Waals surface area contributed by atoms with Gasteiger partial charge in [-0.2, -0.15) is 14.6 Å². The van der Waals surface area contributed by atoms with E-state index in [2.05, 4.69) is 40.5 Å². The summed E-state index contributed by atoms with van der Waals surface area (Å²) in [6.45, 7) is 1.46. The quantitative estimate of drug-likeness (QED) is 0.369. The Morgan fingerprint density at radius 2 is 2.00 bits per heavy atom. The van der Waals surface area contributed by atoms with Crippen LogP contribution in [0.4, 0.5) is 5.82 Å². The zero-order valence-electron chi connectivity index (χ0n) is 17.7. The highest BCUT2D eigenvalue weighted by molar-refractivity contribution is 5.88. The molecule has 2 unspecified atom stereocenters. The predicted octanol–water partition coefficient (Wildman–Crippen LogP) is -0.223. The van der Waals surface area contributed by atoms with Crippen molar-refractivity contribution in [3.8, 4) is 17.5 Å². The molecule has 4 aromatic rings. The number of hydrogen-bond acceptors (Lipinski definition) is 11. The summed E-state index contributed by atoms with van der Waals surface area (Å²) >= 11 is 0. The average molecular weight is 448 g/mol. The first kappa shape index (κ1) is 19.8. The minimum atomic E-state index is -1.13. The molecule has 0 spiro atoms. The number of nitrogens with zero attached hydrogens (tertiary/aromatic N) is 9. The van der Waals surface area contributed by atoms with Crippen molar-refractivity contribution in [2.24, 2.45) is 11.3 Å². The van der Waals surface area contributed by atoms with Crippen LogP contribution in [0, 0.1) is 11.3 Å². The Morgan fingerprint density at radius 3 is 2.70 bits per heavy atom. The number of Topliss-reactive ketones (excluding diaryl/α,β-unsaturated/α-hetero) is 1. The number of aliphatic hydroxyl groups is 2. The van der Waals surface area contributed by atoms with Crippen LogP contribution in [0.3, 0.4) is 0 Å². The van der Waals surface area contributed by atoms with Crippen molar-refractivity contribution in [1.82, 2.24) is 44.5 Å². The maximum absolute atomic E-state index is 12.2. The van der Waals surface area contributed by atoms with E-state index in [4.69, 9.17) is 0 Å². The molecule has 2 aliphatic rings. The first-order valence-corrected chi connectivity index (χ1v) is 10.5. The van der Waals surface area contributed by atoms with Gasteiger partial charge in [0.1, 0.15) is 11.9 Å². The molecule has 0 aliphatic heterocycles. The molecule has 2 saturated carbocycles. The smallest absolute Gasteiger partial charge is 0.256 e. The van der Waals surface area contributed by atoms with Gasteiger partial charge in [0, 0.05) is 19.4 Å². The number of fused-ring (bicyclic) bond motifs is 2. The summed E-state index contributed by atoms with van der Waals surface area (Å²) in [6.07, 6.45) is 4.68. The molecule has 33 heavy (non-hydrogen) atoms. The third-order valence-electron chi connectivity index (χ3n) is 6.79. The molecule has 0 saturated heterocycles. The van der Waals surface area contributed by atoms with Crippen molar-refractivity contribution < 1.29 is 15.0 Å². The topological polar surface area (TPSA) is 170 Å². The van der Waals surface area contributed by atoms with E-state index in [1.54, 1.807) is 42.6 Å². The highest BCUT2D eigenvalue weighted by Gasteiger charge is 2.74. The second-order valence-corrected chi connectivity index (χ2v) is 8.40. The minimum absolute atomic E-state index is 0.115. The molecule has 0 radical (unpaired) electrons. The van der Waals surface area contributed by atoms with Crippen LogP contribution >= 0.6 is 0 Å². The second-order valence-electron chi connectivity index (χ2n) is 8.40. The van der Waals surface area contributed by atoms with Crippen LogP contribution in [-0.2, 0) is 4.79 Å². The lowest BCUT2D eigenvalue weighted by molar-refractivity contribution is -0.128. The molecule has 5 atom stereocenters. The van der Waals surface area contributed by atoms with Gasteiger partial charge in [0.05, 0.1) is 30.1 Å². The number of aromatic nitrogens is 9. The summed E-state index contributed by atoms with van der Waals surface area (Å²) in [5.41, 5.74) is 0.492. The van der Waals surface area contributed by atoms with E-state index in [1.807, 2.05) is 0 Å². The molecule has 0 bridgehead atoms. The lowest BCUT2D eigenvalue weighted by Crippen LogP contribution is -2.36. The fraction of sp³-hybridized carbons (Fsp3) is 0.400. The number of imidazole rings is 1. The summed E-state index contributed by atoms with van der Waals surface area (Å²) < 4.78 is 3.12. The molecule has 2 aliphatic carbocycles. The Labute approximate surface area is 186 Å². The van der Waals surface area contributed by atoms with Gasteiger partial charge in [0.15, 0.2) is 28.5 Å². The summed E-state index contributed by atoms with van der Waals surface area (Å²) in [7, 11) is 1.71. The van der Waals surface area contributed by atoms with Crippen molar-refractivity contribution in [1.29, 1.82) is 0 Å². The fourth-order valence-corrected chi connectivity index (χ4v) is 5.07. The monoisotopic (exact) mass is 448 g/mol. The third kappa shape index (κ3) is 2.66. The molecule has 168 valence electrons. The Bertz CT molecular complexity index is 1390. The minimum Gasteiger partial charge on any atom is -0.389 e. The molecule has 4 aromatic heterocycles. The largest absolute Gasteiger partial charge is 0.389 e. The number of carbonyl (C=O) groups is 1. The number of rotatable bonds is 5. The van der Waals surface area contributed by atoms with E-state index in [-0.39, 0.29) is 17.6 Å². The molecular formula is C20H20N10O3. The normalized spacial score (nSPS) is 28.1. The van der Waals surface area contributed by atoms with Crippen molar-refractivity contribution >= 4 is 22.8 Å². The van der Waals surface area contributed by atoms with E-state index in [1.165, 1.54) is 11.6 Å². The molecular weight excluding hydrogens is 428 g/mol. The van der Waals surface area contributed by atoms with E-state index >= 15 is 0 Å². The van der Waals surface area contributed by atoms with Crippen LogP contribution in [0.1, 0.15) is 19.4 Å². The van der Waals surface area contributed by atoms with Crippen LogP contribution in [0.15, 0.2) is 31.0 Å². The lowest BCUT2D eigenvalue weighted by Gasteiger charge is -2.23. The number of ketones is 1. The van der Waals surface area contributed by atoms with E-state index in [0.717, 1.165) is 0 Å². The Morgan fingerprint density at radius 1 is 1.21 bits per heavy atom. The van der Waals surface area contributed by atoms with Crippen LogP contribution in [0.25, 0.3) is 28.6 Å². The maximum Gasteiger partial charge on any atom is 0.256 e. The van der Waals surface area contributed by atoms with Crippen molar-refractivity contribution in [2.45, 2.75) is 31.6 Å².